The summed E-state index contributed by atoms with van der Waals surface area (Å²) in [6.07, 6.45) is -8.72. The maximum atomic E-state index is 13.4. The van der Waals surface area contributed by atoms with Crippen molar-refractivity contribution in [1.82, 2.24) is 24.1 Å². The topological polar surface area (TPSA) is 68.0 Å². The Labute approximate surface area is 149 Å². The summed E-state index contributed by atoms with van der Waals surface area (Å²) < 4.78 is 104. The Morgan fingerprint density at radius 3 is 2.29 bits per heavy atom. The third-order valence-electron chi connectivity index (χ3n) is 3.71. The summed E-state index contributed by atoms with van der Waals surface area (Å²) in [5.41, 5.74) is -4.12. The second-order valence-electron chi connectivity index (χ2n) is 5.90. The fourth-order valence-electron chi connectivity index (χ4n) is 2.48. The molecule has 6 nitrogen and oxygen atoms in total. The van der Waals surface area contributed by atoms with Crippen molar-refractivity contribution in [3.05, 3.63) is 40.3 Å². The molecule has 0 amide bonds. The Balaban J connectivity index is 2.15. The highest BCUT2D eigenvalue weighted by Crippen LogP contribution is 2.37. The van der Waals surface area contributed by atoms with Gasteiger partial charge in [-0.2, -0.15) is 40.2 Å². The van der Waals surface area contributed by atoms with E-state index >= 15 is 0 Å². The number of imidazole rings is 1. The van der Waals surface area contributed by atoms with Crippen LogP contribution in [-0.4, -0.2) is 36.2 Å². The first-order chi connectivity index (χ1) is 12.7. The quantitative estimate of drug-likeness (QED) is 0.667. The molecule has 0 aromatic carbocycles. The van der Waals surface area contributed by atoms with Crippen molar-refractivity contribution in [2.24, 2.45) is 0 Å². The number of H-pyrrole nitrogens is 1. The van der Waals surface area contributed by atoms with E-state index in [2.05, 4.69) is 15.1 Å². The first-order valence-corrected chi connectivity index (χ1v) is 7.37. The highest BCUT2D eigenvalue weighted by Gasteiger charge is 2.57. The van der Waals surface area contributed by atoms with E-state index in [0.717, 1.165) is 10.6 Å². The minimum absolute atomic E-state index is 0.111. The molecule has 0 atom stereocenters. The summed E-state index contributed by atoms with van der Waals surface area (Å²) in [6, 6.07) is 0. The Hall–Kier alpha value is -2.93. The minimum atomic E-state index is -5.88. The molecule has 0 aliphatic rings. The molecule has 14 heteroatoms. The lowest BCUT2D eigenvalue weighted by Crippen LogP contribution is -2.40. The number of nitrogens with one attached hydrogen (secondary N) is 1. The van der Waals surface area contributed by atoms with Gasteiger partial charge in [0, 0.05) is 23.7 Å². The molecule has 152 valence electrons. The zero-order chi connectivity index (χ0) is 21.1. The summed E-state index contributed by atoms with van der Waals surface area (Å²) in [7, 11) is 0. The maximum Gasteiger partial charge on any atom is 0.455 e. The molecule has 0 spiro atoms. The first-order valence-electron chi connectivity index (χ1n) is 7.37. The van der Waals surface area contributed by atoms with Crippen molar-refractivity contribution >= 4 is 5.78 Å². The minimum Gasteiger partial charge on any atom is -0.328 e. The average molecular weight is 415 g/mol. The molecule has 0 saturated heterocycles. The number of rotatable bonds is 3. The van der Waals surface area contributed by atoms with Crippen molar-refractivity contribution in [2.75, 3.05) is 0 Å². The van der Waals surface area contributed by atoms with Crippen LogP contribution in [0.5, 0.6) is 0 Å². The third-order valence-corrected chi connectivity index (χ3v) is 3.71. The van der Waals surface area contributed by atoms with E-state index in [1.807, 2.05) is 0 Å². The lowest BCUT2D eigenvalue weighted by atomic mass is 10.1. The van der Waals surface area contributed by atoms with Crippen molar-refractivity contribution in [1.29, 1.82) is 0 Å². The van der Waals surface area contributed by atoms with Crippen LogP contribution in [0.2, 0.25) is 0 Å². The second kappa shape index (κ2) is 6.04. The normalized spacial score (nSPS) is 13.5. The predicted octanol–water partition coefficient (Wildman–Crippen LogP) is 3.41. The third kappa shape index (κ3) is 3.33. The lowest BCUT2D eigenvalue weighted by molar-refractivity contribution is -0.287. The molecule has 3 heterocycles. The van der Waals surface area contributed by atoms with Crippen LogP contribution >= 0.6 is 0 Å². The molecule has 1 N–H and O–H groups in total. The lowest BCUT2D eigenvalue weighted by Gasteiger charge is -2.19. The van der Waals surface area contributed by atoms with E-state index < -0.39 is 53.0 Å². The number of halogens is 8. The highest BCUT2D eigenvalue weighted by atomic mass is 19.4. The number of alkyl halides is 8. The predicted molar refractivity (Wildman–Crippen MR) is 77.8 cm³/mol. The van der Waals surface area contributed by atoms with Gasteiger partial charge in [-0.1, -0.05) is 0 Å². The van der Waals surface area contributed by atoms with Gasteiger partial charge in [-0.3, -0.25) is 13.9 Å². The van der Waals surface area contributed by atoms with Gasteiger partial charge in [-0.25, -0.2) is 4.98 Å². The molecule has 3 aromatic heterocycles. The monoisotopic (exact) mass is 415 g/mol. The zero-order valence-corrected chi connectivity index (χ0v) is 13.7. The standard InChI is InChI=1S/C14H9F8N5O/c1-6-3-27-10(28)8(9(13(17,18)19)25-11(27)24-6)7-2-23-26(4-7)5-12(15,16)14(20,21)22/h2-4H,5H2,1H3,(H,24,25). The Bertz CT molecular complexity index is 1090. The number of nitrogens with zero attached hydrogens (tertiary/aromatic N) is 4. The van der Waals surface area contributed by atoms with Crippen molar-refractivity contribution in [3.8, 4) is 11.1 Å². The summed E-state index contributed by atoms with van der Waals surface area (Å²) >= 11 is 0. The Morgan fingerprint density at radius 1 is 1.07 bits per heavy atom. The molecule has 0 saturated carbocycles. The smallest absolute Gasteiger partial charge is 0.328 e. The summed E-state index contributed by atoms with van der Waals surface area (Å²) in [6.45, 7) is -0.504. The van der Waals surface area contributed by atoms with Crippen LogP contribution in [0.25, 0.3) is 16.9 Å². The van der Waals surface area contributed by atoms with Gasteiger partial charge in [0.1, 0.15) is 6.54 Å². The SMILES string of the molecule is Cc1cn2c(=O)c(-c3cnn(CC(F)(F)C(F)(F)F)c3)c(C(F)(F)F)nc2[nH]1. The molecule has 0 aliphatic carbocycles. The van der Waals surface area contributed by atoms with Crippen LogP contribution < -0.4 is 5.56 Å². The molecular weight excluding hydrogens is 406 g/mol. The summed E-state index contributed by atoms with van der Waals surface area (Å²) in [5, 5.41) is 3.23. The summed E-state index contributed by atoms with van der Waals surface area (Å²) in [5.74, 6) is -5.58. The van der Waals surface area contributed by atoms with E-state index in [9.17, 15) is 39.9 Å². The molecule has 3 rings (SSSR count). The van der Waals surface area contributed by atoms with Gasteiger partial charge < -0.3 is 4.98 Å². The number of hydrogen-bond acceptors (Lipinski definition) is 3. The van der Waals surface area contributed by atoms with Crippen LogP contribution in [0.1, 0.15) is 11.4 Å². The van der Waals surface area contributed by atoms with E-state index in [1.54, 1.807) is 0 Å². The fraction of sp³-hybridized carbons (Fsp3) is 0.357. The average Bonchev–Trinajstić information content (AvgIpc) is 3.10. The van der Waals surface area contributed by atoms with E-state index in [-0.39, 0.29) is 4.68 Å². The molecule has 0 fully saturated rings. The number of aromatic amines is 1. The van der Waals surface area contributed by atoms with Gasteiger partial charge >= 0.3 is 18.3 Å². The second-order valence-corrected chi connectivity index (χ2v) is 5.90. The van der Waals surface area contributed by atoms with E-state index in [4.69, 9.17) is 0 Å². The maximum absolute atomic E-state index is 13.4. The Kier molecular flexibility index (Phi) is 4.27. The van der Waals surface area contributed by atoms with Gasteiger partial charge in [0.2, 0.25) is 5.78 Å². The van der Waals surface area contributed by atoms with Gasteiger partial charge in [0.05, 0.1) is 11.8 Å². The Morgan fingerprint density at radius 2 is 1.71 bits per heavy atom. The molecule has 0 aliphatic heterocycles. The van der Waals surface area contributed by atoms with E-state index in [1.165, 1.54) is 6.92 Å². The fourth-order valence-corrected chi connectivity index (χ4v) is 2.48. The van der Waals surface area contributed by atoms with Crippen LogP contribution in [0, 0.1) is 6.92 Å². The van der Waals surface area contributed by atoms with Gasteiger partial charge in [0.15, 0.2) is 5.69 Å². The highest BCUT2D eigenvalue weighted by molar-refractivity contribution is 5.65. The van der Waals surface area contributed by atoms with Crippen molar-refractivity contribution in [3.63, 3.8) is 0 Å². The molecule has 3 aromatic rings. The number of aromatic nitrogens is 5. The van der Waals surface area contributed by atoms with Gasteiger partial charge in [0.25, 0.3) is 5.56 Å². The number of aryl methyl sites for hydroxylation is 1. The molecule has 0 unspecified atom stereocenters. The van der Waals surface area contributed by atoms with Gasteiger partial charge in [-0.05, 0) is 6.92 Å². The van der Waals surface area contributed by atoms with E-state index in [0.29, 0.717) is 18.1 Å². The molecule has 0 radical (unpaired) electrons. The van der Waals surface area contributed by atoms with Crippen LogP contribution in [0.15, 0.2) is 23.4 Å². The van der Waals surface area contributed by atoms with Crippen molar-refractivity contribution < 1.29 is 35.1 Å². The zero-order valence-electron chi connectivity index (χ0n) is 13.7. The first kappa shape index (κ1) is 19.8. The van der Waals surface area contributed by atoms with Gasteiger partial charge in [-0.15, -0.1) is 0 Å². The van der Waals surface area contributed by atoms with Crippen LogP contribution in [-0.2, 0) is 12.7 Å². The molecular formula is C14H9F8N5O. The summed E-state index contributed by atoms with van der Waals surface area (Å²) in [4.78, 5) is 18.3. The molecule has 28 heavy (non-hydrogen) atoms. The number of hydrogen-bond donors (Lipinski definition) is 1. The van der Waals surface area contributed by atoms with Crippen LogP contribution in [0.4, 0.5) is 35.1 Å². The number of fused-ring (bicyclic) bond motifs is 1. The van der Waals surface area contributed by atoms with Crippen molar-refractivity contribution in [2.45, 2.75) is 31.7 Å². The largest absolute Gasteiger partial charge is 0.455 e. The molecule has 0 bridgehead atoms. The van der Waals surface area contributed by atoms with Crippen LogP contribution in [0.3, 0.4) is 0 Å².